The molecule has 44 heavy (non-hydrogen) atoms. The van der Waals surface area contributed by atoms with Crippen molar-refractivity contribution in [3.8, 4) is 11.5 Å². The molecule has 7 rings (SSSR count). The fourth-order valence-electron chi connectivity index (χ4n) is 6.17. The second-order valence-electron chi connectivity index (χ2n) is 11.7. The molecule has 224 valence electrons. The molecule has 0 fully saturated rings. The van der Waals surface area contributed by atoms with Crippen molar-refractivity contribution < 1.29 is 10.2 Å². The number of hydrogen-bond acceptors (Lipinski definition) is 8. The fraction of sp³-hybridized carbons (Fsp3) is 0.235. The van der Waals surface area contributed by atoms with E-state index in [0.717, 1.165) is 29.8 Å². The third-order valence-corrected chi connectivity index (χ3v) is 10.7. The summed E-state index contributed by atoms with van der Waals surface area (Å²) in [7, 11) is 8.04. The summed E-state index contributed by atoms with van der Waals surface area (Å²) in [6, 6.07) is 18.8. The molecule has 0 aliphatic carbocycles. The second-order valence-corrected chi connectivity index (χ2v) is 13.8. The van der Waals surface area contributed by atoms with E-state index in [1.54, 1.807) is 22.7 Å². The molecule has 0 aliphatic heterocycles. The lowest BCUT2D eigenvalue weighted by Gasteiger charge is -2.23. The predicted molar refractivity (Wildman–Crippen MR) is 185 cm³/mol. The van der Waals surface area contributed by atoms with E-state index in [-0.39, 0.29) is 33.0 Å². The Morgan fingerprint density at radius 2 is 0.977 bits per heavy atom. The van der Waals surface area contributed by atoms with Gasteiger partial charge in [-0.2, -0.15) is 0 Å². The van der Waals surface area contributed by atoms with Gasteiger partial charge in [-0.3, -0.25) is 9.59 Å². The molecule has 0 amide bonds. The SMILES string of the molecule is CN(C)CCn1c2ccccc2sc2c3sc4ccccc4n(CCN(C)C)c3c3c(=O)c4c(O)ccc(O)c4c(=O)c3c21. The first-order valence-corrected chi connectivity index (χ1v) is 16.1. The Kier molecular flexibility index (Phi) is 6.97. The Bertz CT molecular complexity index is 2260. The summed E-state index contributed by atoms with van der Waals surface area (Å²) in [6.07, 6.45) is 0. The Hall–Kier alpha value is -4.22. The van der Waals surface area contributed by atoms with E-state index in [1.165, 1.54) is 12.1 Å². The van der Waals surface area contributed by atoms with Crippen molar-refractivity contribution in [3.63, 3.8) is 0 Å². The van der Waals surface area contributed by atoms with Crippen LogP contribution in [0.2, 0.25) is 0 Å². The van der Waals surface area contributed by atoms with Crippen molar-refractivity contribution in [1.82, 2.24) is 18.9 Å². The van der Waals surface area contributed by atoms with Crippen LogP contribution in [0.5, 0.6) is 11.5 Å². The maximum atomic E-state index is 14.7. The van der Waals surface area contributed by atoms with E-state index in [1.807, 2.05) is 64.6 Å². The minimum absolute atomic E-state index is 0.148. The molecule has 0 radical (unpaired) electrons. The van der Waals surface area contributed by atoms with Crippen molar-refractivity contribution in [2.24, 2.45) is 0 Å². The van der Waals surface area contributed by atoms with Crippen LogP contribution in [0.3, 0.4) is 0 Å². The molecule has 7 aromatic rings. The normalized spacial score (nSPS) is 12.3. The number of aromatic hydroxyl groups is 2. The molecule has 0 saturated heterocycles. The number of fused-ring (bicyclic) bond motifs is 9. The average Bonchev–Trinajstić information content (AvgIpc) is 3.00. The van der Waals surface area contributed by atoms with Gasteiger partial charge in [0.15, 0.2) is 0 Å². The van der Waals surface area contributed by atoms with Gasteiger partial charge in [0.05, 0.1) is 62.4 Å². The standard InChI is InChI=1S/C34H32N4O4S2/c1-35(2)15-17-37-19-9-5-7-11-23(19)43-33-29(37)27-28(32(42)26-22(40)14-13-21(39)25(26)31(27)41)30-34(33)44-24-12-8-6-10-20(24)38(30)18-16-36(3)4/h5-14,39-40H,15-18H2,1-4H3. The van der Waals surface area contributed by atoms with E-state index in [9.17, 15) is 19.8 Å². The minimum atomic E-state index is -0.465. The van der Waals surface area contributed by atoms with E-state index >= 15 is 0 Å². The number of aromatic nitrogens is 2. The van der Waals surface area contributed by atoms with E-state index in [2.05, 4.69) is 31.1 Å². The van der Waals surface area contributed by atoms with Crippen molar-refractivity contribution >= 4 is 85.1 Å². The summed E-state index contributed by atoms with van der Waals surface area (Å²) in [6.45, 7) is 2.57. The smallest absolute Gasteiger partial charge is 0.200 e. The highest BCUT2D eigenvalue weighted by Gasteiger charge is 2.26. The summed E-state index contributed by atoms with van der Waals surface area (Å²) >= 11 is 3.22. The van der Waals surface area contributed by atoms with Crippen molar-refractivity contribution in [2.45, 2.75) is 13.1 Å². The van der Waals surface area contributed by atoms with Gasteiger partial charge in [-0.15, -0.1) is 22.7 Å². The van der Waals surface area contributed by atoms with Crippen molar-refractivity contribution in [1.29, 1.82) is 0 Å². The topological polar surface area (TPSA) is 90.9 Å². The first-order valence-electron chi connectivity index (χ1n) is 14.4. The molecular formula is C34H32N4O4S2. The van der Waals surface area contributed by atoms with Gasteiger partial charge in [0, 0.05) is 26.2 Å². The summed E-state index contributed by atoms with van der Waals surface area (Å²) in [5, 5.41) is 22.1. The highest BCUT2D eigenvalue weighted by molar-refractivity contribution is 7.32. The lowest BCUT2D eigenvalue weighted by atomic mass is 9.98. The first kappa shape index (κ1) is 28.5. The number of phenolic OH excluding ortho intramolecular Hbond substituents is 2. The molecule has 2 N–H and O–H groups in total. The second kappa shape index (κ2) is 10.7. The van der Waals surface area contributed by atoms with E-state index < -0.39 is 10.9 Å². The number of phenols is 2. The van der Waals surface area contributed by atoms with E-state index in [4.69, 9.17) is 0 Å². The molecule has 0 aliphatic rings. The maximum Gasteiger partial charge on any atom is 0.200 e. The summed E-state index contributed by atoms with van der Waals surface area (Å²) in [4.78, 5) is 33.6. The molecule has 0 bridgehead atoms. The van der Waals surface area contributed by atoms with Crippen LogP contribution >= 0.6 is 22.7 Å². The van der Waals surface area contributed by atoms with Crippen LogP contribution in [0.1, 0.15) is 0 Å². The summed E-state index contributed by atoms with van der Waals surface area (Å²) in [5.41, 5.74) is 2.35. The molecule has 0 atom stereocenters. The van der Waals surface area contributed by atoms with E-state index in [0.29, 0.717) is 37.2 Å². The zero-order valence-electron chi connectivity index (χ0n) is 24.9. The molecular weight excluding hydrogens is 593 g/mol. The molecule has 10 heteroatoms. The Morgan fingerprint density at radius 1 is 0.591 bits per heavy atom. The first-order chi connectivity index (χ1) is 21.2. The third kappa shape index (κ3) is 4.32. The van der Waals surface area contributed by atoms with Crippen LogP contribution in [-0.2, 0) is 13.1 Å². The lowest BCUT2D eigenvalue weighted by Crippen LogP contribution is -2.22. The van der Waals surface area contributed by atoms with Gasteiger partial charge in [0.2, 0.25) is 10.9 Å². The monoisotopic (exact) mass is 624 g/mol. The zero-order valence-corrected chi connectivity index (χ0v) is 26.6. The van der Waals surface area contributed by atoms with Gasteiger partial charge in [0.1, 0.15) is 11.5 Å². The Balaban J connectivity index is 1.88. The number of para-hydroxylation sites is 2. The average molecular weight is 625 g/mol. The molecule has 0 saturated carbocycles. The number of rotatable bonds is 6. The number of likely N-dealkylation sites (N-methyl/N-ethyl adjacent to an activating group) is 2. The van der Waals surface area contributed by atoms with Crippen LogP contribution < -0.4 is 10.9 Å². The van der Waals surface area contributed by atoms with Gasteiger partial charge in [-0.1, -0.05) is 24.3 Å². The number of nitrogens with zero attached hydrogens (tertiary/aromatic N) is 4. The van der Waals surface area contributed by atoms with Gasteiger partial charge in [-0.05, 0) is 64.6 Å². The van der Waals surface area contributed by atoms with Crippen LogP contribution in [-0.4, -0.2) is 70.4 Å². The zero-order chi connectivity index (χ0) is 30.9. The Labute approximate surface area is 260 Å². The number of hydrogen-bond donors (Lipinski definition) is 2. The minimum Gasteiger partial charge on any atom is -0.507 e. The molecule has 8 nitrogen and oxygen atoms in total. The van der Waals surface area contributed by atoms with Gasteiger partial charge in [-0.25, -0.2) is 0 Å². The molecule has 5 aromatic carbocycles. The fourth-order valence-corrected chi connectivity index (χ4v) is 8.72. The van der Waals surface area contributed by atoms with Gasteiger partial charge in [0.25, 0.3) is 0 Å². The van der Waals surface area contributed by atoms with Gasteiger partial charge >= 0.3 is 0 Å². The van der Waals surface area contributed by atoms with Crippen LogP contribution in [0.25, 0.3) is 62.4 Å². The highest BCUT2D eigenvalue weighted by Crippen LogP contribution is 2.43. The van der Waals surface area contributed by atoms with Crippen LogP contribution in [0, 0.1) is 0 Å². The third-order valence-electron chi connectivity index (χ3n) is 8.25. The molecule has 0 unspecified atom stereocenters. The largest absolute Gasteiger partial charge is 0.507 e. The van der Waals surface area contributed by atoms with Crippen molar-refractivity contribution in [2.75, 3.05) is 41.3 Å². The molecule has 2 aromatic heterocycles. The maximum absolute atomic E-state index is 14.7. The summed E-state index contributed by atoms with van der Waals surface area (Å²) in [5.74, 6) is -0.637. The van der Waals surface area contributed by atoms with Crippen LogP contribution in [0.15, 0.2) is 70.3 Å². The lowest BCUT2D eigenvalue weighted by molar-refractivity contribution is 0.389. The predicted octanol–water partition coefficient (Wildman–Crippen LogP) is 6.15. The molecule has 2 heterocycles. The number of benzene rings is 5. The van der Waals surface area contributed by atoms with Crippen LogP contribution in [0.4, 0.5) is 0 Å². The highest BCUT2D eigenvalue weighted by atomic mass is 32.1. The summed E-state index contributed by atoms with van der Waals surface area (Å²) < 4.78 is 8.26. The van der Waals surface area contributed by atoms with Crippen molar-refractivity contribution in [3.05, 3.63) is 81.1 Å². The molecule has 0 spiro atoms. The quantitative estimate of drug-likeness (QED) is 0.131. The Morgan fingerprint density at radius 3 is 1.36 bits per heavy atom. The van der Waals surface area contributed by atoms with Gasteiger partial charge < -0.3 is 29.1 Å².